The van der Waals surface area contributed by atoms with Crippen LogP contribution in [0.5, 0.6) is 5.75 Å². The molecule has 2 N–H and O–H groups in total. The number of aliphatic hydroxyl groups excluding tert-OH is 2. The molecule has 0 saturated carbocycles. The molecule has 0 heterocycles. The zero-order chi connectivity index (χ0) is 10.4. The Hall–Kier alpha value is -1.06. The summed E-state index contributed by atoms with van der Waals surface area (Å²) in [6.45, 7) is 2.62. The molecule has 0 bridgehead atoms. The maximum atomic E-state index is 8.97. The van der Waals surface area contributed by atoms with E-state index in [1.54, 1.807) is 18.2 Å². The van der Waals surface area contributed by atoms with Crippen molar-refractivity contribution in [1.29, 1.82) is 0 Å². The SMILES string of the molecule is CCCOc1cc(CO)cc(CO)c1. The van der Waals surface area contributed by atoms with Gasteiger partial charge < -0.3 is 14.9 Å². The average molecular weight is 196 g/mol. The van der Waals surface area contributed by atoms with Crippen molar-refractivity contribution in [2.24, 2.45) is 0 Å². The van der Waals surface area contributed by atoms with E-state index in [1.165, 1.54) is 0 Å². The van der Waals surface area contributed by atoms with E-state index < -0.39 is 0 Å². The Kier molecular flexibility index (Phi) is 4.43. The molecule has 0 spiro atoms. The summed E-state index contributed by atoms with van der Waals surface area (Å²) in [7, 11) is 0. The Balaban J connectivity index is 2.81. The van der Waals surface area contributed by atoms with Gasteiger partial charge in [-0.05, 0) is 29.7 Å². The van der Waals surface area contributed by atoms with Crippen LogP contribution < -0.4 is 4.74 Å². The zero-order valence-corrected chi connectivity index (χ0v) is 8.36. The fourth-order valence-corrected chi connectivity index (χ4v) is 1.21. The largest absolute Gasteiger partial charge is 0.494 e. The molecule has 0 amide bonds. The zero-order valence-electron chi connectivity index (χ0n) is 8.36. The summed E-state index contributed by atoms with van der Waals surface area (Å²) in [6, 6.07) is 5.34. The number of rotatable bonds is 5. The molecule has 0 unspecified atom stereocenters. The molecule has 1 aromatic carbocycles. The van der Waals surface area contributed by atoms with Crippen LogP contribution >= 0.6 is 0 Å². The molecule has 0 radical (unpaired) electrons. The molecule has 3 nitrogen and oxygen atoms in total. The highest BCUT2D eigenvalue weighted by Crippen LogP contribution is 2.17. The number of hydrogen-bond acceptors (Lipinski definition) is 3. The fourth-order valence-electron chi connectivity index (χ4n) is 1.21. The lowest BCUT2D eigenvalue weighted by molar-refractivity contribution is 0.271. The van der Waals surface area contributed by atoms with Crippen molar-refractivity contribution in [1.82, 2.24) is 0 Å². The third-order valence-electron chi connectivity index (χ3n) is 1.86. The standard InChI is InChI=1S/C11H16O3/c1-2-3-14-11-5-9(7-12)4-10(6-11)8-13/h4-6,12-13H,2-3,7-8H2,1H3. The number of benzene rings is 1. The molecule has 0 aliphatic carbocycles. The second kappa shape index (κ2) is 5.62. The van der Waals surface area contributed by atoms with Crippen LogP contribution in [0, 0.1) is 0 Å². The highest BCUT2D eigenvalue weighted by Gasteiger charge is 2.00. The maximum Gasteiger partial charge on any atom is 0.120 e. The second-order valence-electron chi connectivity index (χ2n) is 3.15. The predicted molar refractivity (Wildman–Crippen MR) is 54.1 cm³/mol. The maximum absolute atomic E-state index is 8.97. The van der Waals surface area contributed by atoms with Crippen molar-refractivity contribution in [2.45, 2.75) is 26.6 Å². The van der Waals surface area contributed by atoms with Gasteiger partial charge in [0.1, 0.15) is 5.75 Å². The van der Waals surface area contributed by atoms with Gasteiger partial charge >= 0.3 is 0 Å². The quantitative estimate of drug-likeness (QED) is 0.749. The summed E-state index contributed by atoms with van der Waals surface area (Å²) >= 11 is 0. The molecular weight excluding hydrogens is 180 g/mol. The molecule has 1 aromatic rings. The van der Waals surface area contributed by atoms with Gasteiger partial charge in [-0.3, -0.25) is 0 Å². The fraction of sp³-hybridized carbons (Fsp3) is 0.455. The second-order valence-corrected chi connectivity index (χ2v) is 3.15. The Morgan fingerprint density at radius 2 is 1.64 bits per heavy atom. The molecule has 0 aromatic heterocycles. The summed E-state index contributed by atoms with van der Waals surface area (Å²) in [6.07, 6.45) is 0.942. The van der Waals surface area contributed by atoms with Crippen molar-refractivity contribution in [3.05, 3.63) is 29.3 Å². The third kappa shape index (κ3) is 3.01. The molecular formula is C11H16O3. The smallest absolute Gasteiger partial charge is 0.120 e. The monoisotopic (exact) mass is 196 g/mol. The van der Waals surface area contributed by atoms with Crippen molar-refractivity contribution in [3.63, 3.8) is 0 Å². The van der Waals surface area contributed by atoms with Crippen LogP contribution in [0.3, 0.4) is 0 Å². The Morgan fingerprint density at radius 1 is 1.07 bits per heavy atom. The van der Waals surface area contributed by atoms with Crippen molar-refractivity contribution >= 4 is 0 Å². The lowest BCUT2D eigenvalue weighted by Crippen LogP contribution is -1.97. The number of hydrogen-bond donors (Lipinski definition) is 2. The van der Waals surface area contributed by atoms with Gasteiger partial charge in [-0.15, -0.1) is 0 Å². The first-order chi connectivity index (χ1) is 6.80. The van der Waals surface area contributed by atoms with Gasteiger partial charge in [0.2, 0.25) is 0 Å². The molecule has 1 rings (SSSR count). The first-order valence-corrected chi connectivity index (χ1v) is 4.77. The molecule has 0 fully saturated rings. The third-order valence-corrected chi connectivity index (χ3v) is 1.86. The van der Waals surface area contributed by atoms with Gasteiger partial charge in [0.15, 0.2) is 0 Å². The summed E-state index contributed by atoms with van der Waals surface area (Å²) in [5.41, 5.74) is 1.53. The average Bonchev–Trinajstić information content (AvgIpc) is 2.25. The Morgan fingerprint density at radius 3 is 2.07 bits per heavy atom. The van der Waals surface area contributed by atoms with Crippen LogP contribution in [0.1, 0.15) is 24.5 Å². The number of aliphatic hydroxyl groups is 2. The van der Waals surface area contributed by atoms with E-state index in [-0.39, 0.29) is 13.2 Å². The molecule has 3 heteroatoms. The minimum absolute atomic E-state index is 0.0314. The Labute approximate surface area is 84.0 Å². The minimum Gasteiger partial charge on any atom is -0.494 e. The number of ether oxygens (including phenoxy) is 1. The first kappa shape index (κ1) is 11.0. The van der Waals surface area contributed by atoms with Crippen LogP contribution in [0.25, 0.3) is 0 Å². The van der Waals surface area contributed by atoms with E-state index in [9.17, 15) is 0 Å². The summed E-state index contributed by atoms with van der Waals surface area (Å²) in [5, 5.41) is 17.9. The van der Waals surface area contributed by atoms with E-state index in [0.29, 0.717) is 12.4 Å². The predicted octanol–water partition coefficient (Wildman–Crippen LogP) is 1.46. The van der Waals surface area contributed by atoms with E-state index in [1.807, 2.05) is 6.92 Å². The highest BCUT2D eigenvalue weighted by molar-refractivity contribution is 5.33. The molecule has 14 heavy (non-hydrogen) atoms. The van der Waals surface area contributed by atoms with Gasteiger partial charge in [0.05, 0.1) is 19.8 Å². The van der Waals surface area contributed by atoms with Crippen molar-refractivity contribution in [2.75, 3.05) is 6.61 Å². The first-order valence-electron chi connectivity index (χ1n) is 4.77. The highest BCUT2D eigenvalue weighted by atomic mass is 16.5. The van der Waals surface area contributed by atoms with Crippen LogP contribution in [-0.2, 0) is 13.2 Å². The van der Waals surface area contributed by atoms with Crippen LogP contribution in [-0.4, -0.2) is 16.8 Å². The normalized spacial score (nSPS) is 10.2. The van der Waals surface area contributed by atoms with Gasteiger partial charge in [-0.2, -0.15) is 0 Å². The topological polar surface area (TPSA) is 49.7 Å². The lowest BCUT2D eigenvalue weighted by atomic mass is 10.1. The molecule has 0 aliphatic rings. The van der Waals surface area contributed by atoms with Gasteiger partial charge in [-0.1, -0.05) is 13.0 Å². The summed E-state index contributed by atoms with van der Waals surface area (Å²) in [4.78, 5) is 0. The van der Waals surface area contributed by atoms with Crippen molar-refractivity contribution < 1.29 is 14.9 Å². The van der Waals surface area contributed by atoms with Gasteiger partial charge in [-0.25, -0.2) is 0 Å². The van der Waals surface area contributed by atoms with E-state index in [0.717, 1.165) is 17.5 Å². The van der Waals surface area contributed by atoms with Crippen LogP contribution in [0.2, 0.25) is 0 Å². The molecule has 78 valence electrons. The van der Waals surface area contributed by atoms with Crippen molar-refractivity contribution in [3.8, 4) is 5.75 Å². The lowest BCUT2D eigenvalue weighted by Gasteiger charge is -2.08. The van der Waals surface area contributed by atoms with Crippen LogP contribution in [0.4, 0.5) is 0 Å². The summed E-state index contributed by atoms with van der Waals surface area (Å²) < 4.78 is 5.42. The van der Waals surface area contributed by atoms with Crippen LogP contribution in [0.15, 0.2) is 18.2 Å². The van der Waals surface area contributed by atoms with E-state index in [4.69, 9.17) is 14.9 Å². The Bertz CT molecular complexity index is 262. The van der Waals surface area contributed by atoms with E-state index in [2.05, 4.69) is 0 Å². The molecule has 0 aliphatic heterocycles. The van der Waals surface area contributed by atoms with Gasteiger partial charge in [0, 0.05) is 0 Å². The van der Waals surface area contributed by atoms with Gasteiger partial charge in [0.25, 0.3) is 0 Å². The van der Waals surface area contributed by atoms with E-state index >= 15 is 0 Å². The molecule has 0 saturated heterocycles. The summed E-state index contributed by atoms with van der Waals surface area (Å²) in [5.74, 6) is 0.711. The minimum atomic E-state index is -0.0314. The molecule has 0 atom stereocenters.